The molecule has 0 saturated carbocycles. The van der Waals surface area contributed by atoms with Gasteiger partial charge in [-0.3, -0.25) is 14.1 Å². The van der Waals surface area contributed by atoms with Crippen molar-refractivity contribution < 1.29 is 37.9 Å². The van der Waals surface area contributed by atoms with E-state index in [-0.39, 0.29) is 19.4 Å². The van der Waals surface area contributed by atoms with Gasteiger partial charge in [0.1, 0.15) is 6.61 Å². The fourth-order valence-electron chi connectivity index (χ4n) is 4.71. The molecule has 0 fully saturated rings. The van der Waals surface area contributed by atoms with Crippen molar-refractivity contribution in [1.29, 1.82) is 0 Å². The zero-order chi connectivity index (χ0) is 38.2. The van der Waals surface area contributed by atoms with Crippen LogP contribution < -0.4 is 0 Å². The highest BCUT2D eigenvalue weighted by Crippen LogP contribution is 2.35. The van der Waals surface area contributed by atoms with E-state index in [4.69, 9.17) is 19.3 Å². The van der Waals surface area contributed by atoms with Crippen LogP contribution in [0.25, 0.3) is 0 Å². The SMILES string of the molecule is CC/C=C/C/C=C/C/C=C/C/C=C/C/C=C/CCCC(=O)O[C@H](COC(=O)CCCCCC/C=C/C/C=C/C/C=C/CCCCC)COP(=O)(O)O. The summed E-state index contributed by atoms with van der Waals surface area (Å²) in [4.78, 5) is 42.7. The number of esters is 2. The molecule has 8 nitrogen and oxygen atoms in total. The average Bonchev–Trinajstić information content (AvgIpc) is 3.11. The van der Waals surface area contributed by atoms with Crippen molar-refractivity contribution >= 4 is 19.8 Å². The normalized spacial score (nSPS) is 13.5. The van der Waals surface area contributed by atoms with Crippen LogP contribution in [0.2, 0.25) is 0 Å². The number of phosphoric acid groups is 1. The lowest BCUT2D eigenvalue weighted by Gasteiger charge is -2.18. The van der Waals surface area contributed by atoms with Crippen molar-refractivity contribution in [3.63, 3.8) is 0 Å². The van der Waals surface area contributed by atoms with Crippen LogP contribution in [0.4, 0.5) is 0 Å². The van der Waals surface area contributed by atoms with Gasteiger partial charge in [-0.2, -0.15) is 0 Å². The van der Waals surface area contributed by atoms with Crippen LogP contribution in [0, 0.1) is 0 Å². The number of carbonyl (C=O) groups excluding carboxylic acids is 2. The number of rotatable bonds is 34. The van der Waals surface area contributed by atoms with E-state index in [1.165, 1.54) is 25.7 Å². The molecule has 1 atom stereocenters. The van der Waals surface area contributed by atoms with E-state index in [1.54, 1.807) is 0 Å². The van der Waals surface area contributed by atoms with E-state index in [0.717, 1.165) is 70.6 Å². The summed E-state index contributed by atoms with van der Waals surface area (Å²) in [6.07, 6.45) is 51.3. The summed E-state index contributed by atoms with van der Waals surface area (Å²) in [5.41, 5.74) is 0. The number of allylic oxidation sites excluding steroid dienone is 16. The highest BCUT2D eigenvalue weighted by Gasteiger charge is 2.22. The summed E-state index contributed by atoms with van der Waals surface area (Å²) in [7, 11) is -4.78. The quantitative estimate of drug-likeness (QED) is 0.0289. The second kappa shape index (κ2) is 37.7. The van der Waals surface area contributed by atoms with Gasteiger partial charge in [-0.25, -0.2) is 4.57 Å². The van der Waals surface area contributed by atoms with Crippen molar-refractivity contribution in [3.05, 3.63) is 97.2 Å². The van der Waals surface area contributed by atoms with Gasteiger partial charge in [-0.15, -0.1) is 0 Å². The molecule has 0 saturated heterocycles. The van der Waals surface area contributed by atoms with Crippen molar-refractivity contribution in [2.75, 3.05) is 13.2 Å². The molecule has 0 aromatic heterocycles. The minimum absolute atomic E-state index is 0.122. The average molecular weight is 745 g/mol. The predicted octanol–water partition coefficient (Wildman–Crippen LogP) is 11.8. The fourth-order valence-corrected chi connectivity index (χ4v) is 5.07. The van der Waals surface area contributed by atoms with Gasteiger partial charge in [0.2, 0.25) is 0 Å². The van der Waals surface area contributed by atoms with Crippen LogP contribution in [-0.4, -0.2) is 41.0 Å². The van der Waals surface area contributed by atoms with Crippen molar-refractivity contribution in [1.82, 2.24) is 0 Å². The van der Waals surface area contributed by atoms with E-state index in [1.807, 2.05) is 12.2 Å². The Labute approximate surface area is 315 Å². The van der Waals surface area contributed by atoms with E-state index in [0.29, 0.717) is 19.3 Å². The smallest absolute Gasteiger partial charge is 0.462 e. The maximum absolute atomic E-state index is 12.4. The molecule has 0 bridgehead atoms. The minimum atomic E-state index is -4.78. The van der Waals surface area contributed by atoms with E-state index < -0.39 is 32.5 Å². The Kier molecular flexibility index (Phi) is 35.5. The molecule has 0 aromatic rings. The monoisotopic (exact) mass is 744 g/mol. The van der Waals surface area contributed by atoms with Crippen molar-refractivity contribution in [2.45, 2.75) is 148 Å². The molecular formula is C43H69O8P. The minimum Gasteiger partial charge on any atom is -0.462 e. The van der Waals surface area contributed by atoms with Crippen LogP contribution >= 0.6 is 7.82 Å². The molecule has 0 aromatic carbocycles. The lowest BCUT2D eigenvalue weighted by atomic mass is 10.1. The zero-order valence-corrected chi connectivity index (χ0v) is 33.1. The fraction of sp³-hybridized carbons (Fsp3) is 0.581. The zero-order valence-electron chi connectivity index (χ0n) is 32.2. The number of phosphoric ester groups is 1. The third kappa shape index (κ3) is 39.8. The molecule has 0 unspecified atom stereocenters. The van der Waals surface area contributed by atoms with Crippen LogP contribution in [0.5, 0.6) is 0 Å². The Hall–Kier alpha value is -3.03. The lowest BCUT2D eigenvalue weighted by Crippen LogP contribution is -2.29. The van der Waals surface area contributed by atoms with Crippen molar-refractivity contribution in [2.24, 2.45) is 0 Å². The molecule has 52 heavy (non-hydrogen) atoms. The number of ether oxygens (including phenoxy) is 2. The maximum Gasteiger partial charge on any atom is 0.469 e. The van der Waals surface area contributed by atoms with Gasteiger partial charge in [0.05, 0.1) is 6.61 Å². The molecular weight excluding hydrogens is 675 g/mol. The van der Waals surface area contributed by atoms with Gasteiger partial charge in [-0.1, -0.05) is 137 Å². The van der Waals surface area contributed by atoms with E-state index >= 15 is 0 Å². The number of hydrogen-bond acceptors (Lipinski definition) is 6. The first-order valence-electron chi connectivity index (χ1n) is 19.5. The molecule has 0 amide bonds. The first-order valence-corrected chi connectivity index (χ1v) is 21.1. The Balaban J connectivity index is 4.13. The molecule has 9 heteroatoms. The van der Waals surface area contributed by atoms with Gasteiger partial charge in [-0.05, 0) is 89.9 Å². The summed E-state index contributed by atoms with van der Waals surface area (Å²) in [6.45, 7) is 3.45. The third-order valence-corrected chi connectivity index (χ3v) is 8.07. The summed E-state index contributed by atoms with van der Waals surface area (Å²) < 4.78 is 26.3. The molecule has 0 radical (unpaired) electrons. The van der Waals surface area contributed by atoms with Crippen LogP contribution in [0.15, 0.2) is 97.2 Å². The number of hydrogen-bond donors (Lipinski definition) is 2. The second-order valence-electron chi connectivity index (χ2n) is 12.5. The summed E-state index contributed by atoms with van der Waals surface area (Å²) in [5, 5.41) is 0. The topological polar surface area (TPSA) is 119 Å². The highest BCUT2D eigenvalue weighted by atomic mass is 31.2. The van der Waals surface area contributed by atoms with E-state index in [2.05, 4.69) is 103 Å². The molecule has 0 spiro atoms. The maximum atomic E-state index is 12.4. The number of unbranched alkanes of at least 4 members (excludes halogenated alkanes) is 8. The lowest BCUT2D eigenvalue weighted by molar-refractivity contribution is -0.161. The second-order valence-corrected chi connectivity index (χ2v) is 13.8. The van der Waals surface area contributed by atoms with Crippen LogP contribution in [0.3, 0.4) is 0 Å². The standard InChI is InChI=1S/C43H69O8P/c1-3-5-7-9-11-13-15-17-19-21-23-25-27-29-31-33-35-37-42(44)49-39-41(40-50-52(46,47)48)51-43(45)38-36-34-32-30-28-26-24-22-20-18-16-14-12-10-8-6-4-2/h6,8,11-14,17-20,23-26,30,32,41H,3-5,7,9-10,15-16,21-22,27-29,31,33-40H2,1-2H3,(H2,46,47,48)/b8-6+,13-11+,14-12+,19-17+,20-18+,25-23+,26-24+,32-30+/t41-/m1/s1. The Bertz CT molecular complexity index is 1160. The largest absolute Gasteiger partial charge is 0.469 e. The van der Waals surface area contributed by atoms with Gasteiger partial charge in [0, 0.05) is 12.8 Å². The summed E-state index contributed by atoms with van der Waals surface area (Å²) >= 11 is 0. The predicted molar refractivity (Wildman–Crippen MR) is 216 cm³/mol. The van der Waals surface area contributed by atoms with E-state index in [9.17, 15) is 14.2 Å². The Morgan fingerprint density at radius 2 is 0.942 bits per heavy atom. The van der Waals surface area contributed by atoms with Gasteiger partial charge < -0.3 is 19.3 Å². The first-order chi connectivity index (χ1) is 25.3. The molecule has 0 heterocycles. The molecule has 2 N–H and O–H groups in total. The van der Waals surface area contributed by atoms with Crippen molar-refractivity contribution in [3.8, 4) is 0 Å². The molecule has 0 aliphatic rings. The Morgan fingerprint density at radius 3 is 1.42 bits per heavy atom. The Morgan fingerprint density at radius 1 is 0.519 bits per heavy atom. The van der Waals surface area contributed by atoms with Gasteiger partial charge in [0.15, 0.2) is 6.10 Å². The molecule has 294 valence electrons. The van der Waals surface area contributed by atoms with Gasteiger partial charge in [0.25, 0.3) is 0 Å². The van der Waals surface area contributed by atoms with Crippen LogP contribution in [-0.2, 0) is 28.2 Å². The number of carbonyl (C=O) groups is 2. The summed E-state index contributed by atoms with van der Waals surface area (Å²) in [6, 6.07) is 0. The first kappa shape index (κ1) is 49.0. The summed E-state index contributed by atoms with van der Waals surface area (Å²) in [5.74, 6) is -0.990. The van der Waals surface area contributed by atoms with Crippen LogP contribution in [0.1, 0.15) is 142 Å². The van der Waals surface area contributed by atoms with Gasteiger partial charge >= 0.3 is 19.8 Å². The highest BCUT2D eigenvalue weighted by molar-refractivity contribution is 7.46. The molecule has 0 aliphatic heterocycles. The molecule has 0 rings (SSSR count). The third-order valence-electron chi connectivity index (χ3n) is 7.59. The molecule has 0 aliphatic carbocycles.